The van der Waals surface area contributed by atoms with E-state index in [-0.39, 0.29) is 23.4 Å². The summed E-state index contributed by atoms with van der Waals surface area (Å²) in [4.78, 5) is 16.8. The fourth-order valence-electron chi connectivity index (χ4n) is 2.66. The molecule has 0 spiro atoms. The van der Waals surface area contributed by atoms with E-state index < -0.39 is 16.1 Å². The van der Waals surface area contributed by atoms with E-state index >= 15 is 0 Å². The fraction of sp³-hybridized carbons (Fsp3) is 0.333. The predicted molar refractivity (Wildman–Crippen MR) is 116 cm³/mol. The smallest absolute Gasteiger partial charge is 0.319 e. The van der Waals surface area contributed by atoms with Crippen LogP contribution in [0.2, 0.25) is 0 Å². The van der Waals surface area contributed by atoms with Crippen LogP contribution < -0.4 is 15.4 Å². The lowest BCUT2D eigenvalue weighted by Gasteiger charge is -2.11. The molecule has 0 aliphatic carbocycles. The normalized spacial score (nSPS) is 12.1. The first kappa shape index (κ1) is 21.8. The number of benzene rings is 2. The van der Waals surface area contributed by atoms with Crippen LogP contribution in [0.3, 0.4) is 0 Å². The second kappa shape index (κ2) is 8.45. The zero-order valence-corrected chi connectivity index (χ0v) is 18.3. The SMILES string of the molecule is Cc1ccc(S(=O)(=O)NCCNC(=O)Nc2ccc3oc(C(C)(C)C)nc3c2)cc1. The van der Waals surface area contributed by atoms with Gasteiger partial charge < -0.3 is 15.1 Å². The first-order valence-corrected chi connectivity index (χ1v) is 11.1. The van der Waals surface area contributed by atoms with Crippen molar-refractivity contribution in [3.8, 4) is 0 Å². The van der Waals surface area contributed by atoms with Gasteiger partial charge in [-0.15, -0.1) is 0 Å². The van der Waals surface area contributed by atoms with Gasteiger partial charge in [0.25, 0.3) is 0 Å². The summed E-state index contributed by atoms with van der Waals surface area (Å²) in [5.74, 6) is 0.625. The number of nitrogens with zero attached hydrogens (tertiary/aromatic N) is 1. The van der Waals surface area contributed by atoms with Gasteiger partial charge in [-0.05, 0) is 37.3 Å². The van der Waals surface area contributed by atoms with E-state index in [4.69, 9.17) is 4.42 Å². The molecule has 0 aliphatic rings. The maximum Gasteiger partial charge on any atom is 0.319 e. The van der Waals surface area contributed by atoms with Gasteiger partial charge in [-0.3, -0.25) is 0 Å². The molecular weight excluding hydrogens is 404 g/mol. The number of rotatable bonds is 6. The van der Waals surface area contributed by atoms with Gasteiger partial charge >= 0.3 is 6.03 Å². The van der Waals surface area contributed by atoms with Crippen molar-refractivity contribution in [2.75, 3.05) is 18.4 Å². The van der Waals surface area contributed by atoms with Crippen molar-refractivity contribution in [2.45, 2.75) is 38.0 Å². The Balaban J connectivity index is 1.51. The Morgan fingerprint density at radius 3 is 2.43 bits per heavy atom. The van der Waals surface area contributed by atoms with Crippen LogP contribution in [0.25, 0.3) is 11.1 Å². The number of hydrogen-bond donors (Lipinski definition) is 3. The molecule has 0 aliphatic heterocycles. The van der Waals surface area contributed by atoms with Gasteiger partial charge in [0.2, 0.25) is 15.9 Å². The summed E-state index contributed by atoms with van der Waals surface area (Å²) in [6, 6.07) is 11.3. The number of aromatic nitrogens is 1. The molecule has 1 heterocycles. The topological polar surface area (TPSA) is 113 Å². The van der Waals surface area contributed by atoms with Gasteiger partial charge in [0, 0.05) is 24.2 Å². The van der Waals surface area contributed by atoms with Crippen molar-refractivity contribution in [3.63, 3.8) is 0 Å². The van der Waals surface area contributed by atoms with Gasteiger partial charge in [-0.25, -0.2) is 22.9 Å². The Bertz CT molecular complexity index is 1150. The van der Waals surface area contributed by atoms with Crippen molar-refractivity contribution < 1.29 is 17.6 Å². The second-order valence-corrected chi connectivity index (χ2v) is 9.81. The average Bonchev–Trinajstić information content (AvgIpc) is 3.09. The van der Waals surface area contributed by atoms with E-state index in [0.717, 1.165) is 5.56 Å². The molecule has 0 saturated carbocycles. The molecule has 160 valence electrons. The zero-order chi connectivity index (χ0) is 21.9. The number of anilines is 1. The predicted octanol–water partition coefficient (Wildman–Crippen LogP) is 3.53. The summed E-state index contributed by atoms with van der Waals surface area (Å²) in [6.07, 6.45) is 0. The number of carbonyl (C=O) groups is 1. The van der Waals surface area contributed by atoms with Gasteiger partial charge in [-0.1, -0.05) is 38.5 Å². The third kappa shape index (κ3) is 5.37. The van der Waals surface area contributed by atoms with E-state index in [1.807, 2.05) is 27.7 Å². The Labute approximate surface area is 176 Å². The van der Waals surface area contributed by atoms with Crippen molar-refractivity contribution >= 4 is 32.8 Å². The van der Waals surface area contributed by atoms with E-state index in [9.17, 15) is 13.2 Å². The Hall–Kier alpha value is -2.91. The van der Waals surface area contributed by atoms with Crippen molar-refractivity contribution in [1.82, 2.24) is 15.0 Å². The van der Waals surface area contributed by atoms with Crippen LogP contribution >= 0.6 is 0 Å². The maximum absolute atomic E-state index is 12.2. The van der Waals surface area contributed by atoms with Crippen LogP contribution in [0, 0.1) is 6.92 Å². The van der Waals surface area contributed by atoms with Crippen LogP contribution in [-0.2, 0) is 15.4 Å². The molecule has 0 radical (unpaired) electrons. The summed E-state index contributed by atoms with van der Waals surface area (Å²) in [6.45, 7) is 8.13. The van der Waals surface area contributed by atoms with E-state index in [0.29, 0.717) is 22.7 Å². The minimum absolute atomic E-state index is 0.0703. The average molecular weight is 431 g/mol. The number of oxazole rings is 1. The lowest BCUT2D eigenvalue weighted by molar-refractivity contribution is 0.252. The number of fused-ring (bicyclic) bond motifs is 1. The van der Waals surface area contributed by atoms with Gasteiger partial charge in [0.15, 0.2) is 5.58 Å². The summed E-state index contributed by atoms with van der Waals surface area (Å²) in [5, 5.41) is 5.33. The molecule has 9 heteroatoms. The summed E-state index contributed by atoms with van der Waals surface area (Å²) in [7, 11) is -3.61. The Morgan fingerprint density at radius 2 is 1.77 bits per heavy atom. The third-order valence-corrected chi connectivity index (χ3v) is 5.80. The molecular formula is C21H26N4O4S. The number of urea groups is 1. The largest absolute Gasteiger partial charge is 0.440 e. The highest BCUT2D eigenvalue weighted by atomic mass is 32.2. The number of sulfonamides is 1. The standard InChI is InChI=1S/C21H26N4O4S/c1-14-5-8-16(9-6-14)30(27,28)23-12-11-22-20(26)24-15-7-10-18-17(13-15)25-19(29-18)21(2,3)4/h5-10,13,23H,11-12H2,1-4H3,(H2,22,24,26). The molecule has 0 saturated heterocycles. The minimum Gasteiger partial charge on any atom is -0.440 e. The molecule has 30 heavy (non-hydrogen) atoms. The van der Waals surface area contributed by atoms with Crippen LogP contribution in [-0.4, -0.2) is 32.5 Å². The van der Waals surface area contributed by atoms with Gasteiger partial charge in [-0.2, -0.15) is 0 Å². The highest BCUT2D eigenvalue weighted by Gasteiger charge is 2.21. The molecule has 3 aromatic rings. The molecule has 1 aromatic heterocycles. The molecule has 0 bridgehead atoms. The number of carbonyl (C=O) groups excluding carboxylic acids is 1. The van der Waals surface area contributed by atoms with Crippen LogP contribution in [0.4, 0.5) is 10.5 Å². The molecule has 0 fully saturated rings. The zero-order valence-electron chi connectivity index (χ0n) is 17.4. The number of hydrogen-bond acceptors (Lipinski definition) is 5. The van der Waals surface area contributed by atoms with Crippen LogP contribution in [0.15, 0.2) is 51.8 Å². The van der Waals surface area contributed by atoms with E-state index in [2.05, 4.69) is 20.3 Å². The Kier molecular flexibility index (Phi) is 6.14. The van der Waals surface area contributed by atoms with Crippen molar-refractivity contribution in [3.05, 3.63) is 53.9 Å². The van der Waals surface area contributed by atoms with Crippen molar-refractivity contribution in [1.29, 1.82) is 0 Å². The lowest BCUT2D eigenvalue weighted by Crippen LogP contribution is -2.36. The van der Waals surface area contributed by atoms with Crippen LogP contribution in [0.5, 0.6) is 0 Å². The highest BCUT2D eigenvalue weighted by molar-refractivity contribution is 7.89. The van der Waals surface area contributed by atoms with Crippen LogP contribution in [0.1, 0.15) is 32.2 Å². The summed E-state index contributed by atoms with van der Waals surface area (Å²) < 4.78 is 32.6. The second-order valence-electron chi connectivity index (χ2n) is 8.04. The molecule has 2 aromatic carbocycles. The molecule has 3 N–H and O–H groups in total. The number of amides is 2. The fourth-order valence-corrected chi connectivity index (χ4v) is 3.70. The first-order valence-electron chi connectivity index (χ1n) is 9.57. The Morgan fingerprint density at radius 1 is 1.07 bits per heavy atom. The van der Waals surface area contributed by atoms with E-state index in [1.54, 1.807) is 42.5 Å². The monoisotopic (exact) mass is 430 g/mol. The molecule has 0 unspecified atom stereocenters. The third-order valence-electron chi connectivity index (χ3n) is 4.32. The van der Waals surface area contributed by atoms with Gasteiger partial charge in [0.05, 0.1) is 4.90 Å². The first-order chi connectivity index (χ1) is 14.0. The number of aryl methyl sites for hydroxylation is 1. The maximum atomic E-state index is 12.2. The van der Waals surface area contributed by atoms with E-state index in [1.165, 1.54) is 0 Å². The quantitative estimate of drug-likeness (QED) is 0.518. The van der Waals surface area contributed by atoms with Gasteiger partial charge in [0.1, 0.15) is 5.52 Å². The number of nitrogens with one attached hydrogen (secondary N) is 3. The summed E-state index contributed by atoms with van der Waals surface area (Å²) in [5.41, 5.74) is 2.63. The lowest BCUT2D eigenvalue weighted by atomic mass is 9.97. The summed E-state index contributed by atoms with van der Waals surface area (Å²) >= 11 is 0. The molecule has 0 atom stereocenters. The highest BCUT2D eigenvalue weighted by Crippen LogP contribution is 2.27. The van der Waals surface area contributed by atoms with Crippen molar-refractivity contribution in [2.24, 2.45) is 0 Å². The minimum atomic E-state index is -3.61. The molecule has 3 rings (SSSR count). The molecule has 8 nitrogen and oxygen atoms in total. The molecule has 2 amide bonds.